The highest BCUT2D eigenvalue weighted by Crippen LogP contribution is 2.13. The number of nitrogens with zero attached hydrogens (tertiary/aromatic N) is 3. The Balaban J connectivity index is 2.69. The zero-order valence-electron chi connectivity index (χ0n) is 8.11. The maximum atomic E-state index is 8.45. The highest BCUT2D eigenvalue weighted by molar-refractivity contribution is 6.31. The lowest BCUT2D eigenvalue weighted by atomic mass is 10.1. The molecule has 0 radical (unpaired) electrons. The van der Waals surface area contributed by atoms with Crippen molar-refractivity contribution in [2.75, 3.05) is 0 Å². The normalized spacial score (nSPS) is 14.4. The monoisotopic (exact) mass is 216 g/mol. The Hall–Kier alpha value is -1.23. The van der Waals surface area contributed by atoms with Gasteiger partial charge in [0.15, 0.2) is 0 Å². The minimum absolute atomic E-state index is 0.0737. The van der Waals surface area contributed by atoms with Gasteiger partial charge >= 0.3 is 0 Å². The predicted octanol–water partition coefficient (Wildman–Crippen LogP) is 1.23. The molecule has 1 heterocycles. The van der Waals surface area contributed by atoms with Crippen LogP contribution in [0.25, 0.3) is 0 Å². The Morgan fingerprint density at radius 1 is 1.86 bits per heavy atom. The zero-order chi connectivity index (χ0) is 10.7. The van der Waals surface area contributed by atoms with Gasteiger partial charge in [-0.25, -0.2) is 0 Å². The molecule has 1 aromatic heterocycles. The van der Waals surface area contributed by atoms with Crippen molar-refractivity contribution in [2.45, 2.75) is 20.4 Å². The Labute approximate surface area is 87.2 Å². The molecule has 0 amide bonds. The number of aryl methyl sites for hydroxylation is 1. The quantitative estimate of drug-likeness (QED) is 0.345. The number of nitrogens with two attached hydrogens (primary N) is 1. The molecule has 0 fully saturated rings. The molecule has 78 valence electrons. The van der Waals surface area contributed by atoms with E-state index in [-0.39, 0.29) is 11.8 Å². The fraction of sp³-hybridized carbons (Fsp3) is 0.500. The van der Waals surface area contributed by atoms with E-state index in [0.29, 0.717) is 11.6 Å². The second-order valence-corrected chi connectivity index (χ2v) is 3.62. The molecule has 6 heteroatoms. The lowest BCUT2D eigenvalue weighted by molar-refractivity contribution is 0.313. The van der Waals surface area contributed by atoms with Crippen molar-refractivity contribution >= 4 is 17.4 Å². The summed E-state index contributed by atoms with van der Waals surface area (Å²) in [4.78, 5) is 0. The molecule has 0 aliphatic rings. The highest BCUT2D eigenvalue weighted by Gasteiger charge is 2.10. The van der Waals surface area contributed by atoms with Crippen LogP contribution in [0.4, 0.5) is 0 Å². The topological polar surface area (TPSA) is 76.4 Å². The Morgan fingerprint density at radius 3 is 2.93 bits per heavy atom. The van der Waals surface area contributed by atoms with Gasteiger partial charge in [0, 0.05) is 12.1 Å². The maximum absolute atomic E-state index is 8.45. The first-order valence-corrected chi connectivity index (χ1v) is 4.59. The first-order chi connectivity index (χ1) is 6.54. The molecular formula is C8H13ClN4O. The molecule has 14 heavy (non-hydrogen) atoms. The van der Waals surface area contributed by atoms with Crippen molar-refractivity contribution in [3.8, 4) is 0 Å². The van der Waals surface area contributed by atoms with Crippen molar-refractivity contribution in [2.24, 2.45) is 16.8 Å². The molecule has 0 bridgehead atoms. The minimum atomic E-state index is -0.0737. The van der Waals surface area contributed by atoms with Gasteiger partial charge in [-0.15, -0.1) is 0 Å². The van der Waals surface area contributed by atoms with Crippen LogP contribution in [0.3, 0.4) is 0 Å². The van der Waals surface area contributed by atoms with E-state index >= 15 is 0 Å². The fourth-order valence-corrected chi connectivity index (χ4v) is 1.21. The van der Waals surface area contributed by atoms with Crippen LogP contribution in [0.15, 0.2) is 11.4 Å². The third kappa shape index (κ3) is 2.38. The van der Waals surface area contributed by atoms with Crippen molar-refractivity contribution in [3.05, 3.63) is 16.9 Å². The number of halogens is 1. The summed E-state index contributed by atoms with van der Waals surface area (Å²) in [6.45, 7) is 4.22. The molecule has 0 saturated heterocycles. The van der Waals surface area contributed by atoms with E-state index in [1.165, 1.54) is 0 Å². The molecule has 0 saturated carbocycles. The van der Waals surface area contributed by atoms with Crippen LogP contribution >= 0.6 is 11.6 Å². The van der Waals surface area contributed by atoms with Crippen LogP contribution < -0.4 is 5.73 Å². The predicted molar refractivity (Wildman–Crippen MR) is 54.5 cm³/mol. The number of oxime groups is 1. The summed E-state index contributed by atoms with van der Waals surface area (Å²) in [7, 11) is 0. The van der Waals surface area contributed by atoms with Crippen molar-refractivity contribution < 1.29 is 5.21 Å². The SMILES string of the molecule is Cc1nn(C[C@H](C)/C(N)=N/O)cc1Cl. The van der Waals surface area contributed by atoms with Gasteiger partial charge in [-0.3, -0.25) is 4.68 Å². The summed E-state index contributed by atoms with van der Waals surface area (Å²) in [5.74, 6) is 0.115. The Morgan fingerprint density at radius 2 is 2.50 bits per heavy atom. The van der Waals surface area contributed by atoms with Crippen molar-refractivity contribution in [1.82, 2.24) is 9.78 Å². The van der Waals surface area contributed by atoms with Gasteiger partial charge in [0.1, 0.15) is 5.84 Å². The largest absolute Gasteiger partial charge is 0.409 e. The van der Waals surface area contributed by atoms with Crippen molar-refractivity contribution in [3.63, 3.8) is 0 Å². The summed E-state index contributed by atoms with van der Waals surface area (Å²) >= 11 is 5.83. The van der Waals surface area contributed by atoms with Gasteiger partial charge in [-0.1, -0.05) is 23.7 Å². The van der Waals surface area contributed by atoms with E-state index in [1.807, 2.05) is 13.8 Å². The minimum Gasteiger partial charge on any atom is -0.409 e. The van der Waals surface area contributed by atoms with Crippen LogP contribution in [0.5, 0.6) is 0 Å². The van der Waals surface area contributed by atoms with E-state index in [0.717, 1.165) is 5.69 Å². The molecule has 1 aromatic rings. The molecule has 0 aromatic carbocycles. The second-order valence-electron chi connectivity index (χ2n) is 3.21. The molecular weight excluding hydrogens is 204 g/mol. The average molecular weight is 217 g/mol. The molecule has 5 nitrogen and oxygen atoms in total. The molecule has 0 aliphatic carbocycles. The van der Waals surface area contributed by atoms with Gasteiger partial charge in [-0.2, -0.15) is 5.10 Å². The summed E-state index contributed by atoms with van der Waals surface area (Å²) < 4.78 is 1.68. The van der Waals surface area contributed by atoms with E-state index in [1.54, 1.807) is 10.9 Å². The molecule has 0 unspecified atom stereocenters. The molecule has 1 atom stereocenters. The average Bonchev–Trinajstić information content (AvgIpc) is 2.44. The van der Waals surface area contributed by atoms with Crippen LogP contribution in [-0.4, -0.2) is 20.8 Å². The first kappa shape index (κ1) is 10.8. The van der Waals surface area contributed by atoms with E-state index in [2.05, 4.69) is 10.3 Å². The van der Waals surface area contributed by atoms with Crippen LogP contribution in [-0.2, 0) is 6.54 Å². The summed E-state index contributed by atoms with van der Waals surface area (Å²) in [5.41, 5.74) is 6.21. The number of hydrogen-bond acceptors (Lipinski definition) is 3. The smallest absolute Gasteiger partial charge is 0.143 e. The van der Waals surface area contributed by atoms with E-state index in [9.17, 15) is 0 Å². The third-order valence-corrected chi connectivity index (χ3v) is 2.34. The second kappa shape index (κ2) is 4.32. The lowest BCUT2D eigenvalue weighted by Gasteiger charge is -2.08. The van der Waals surface area contributed by atoms with Gasteiger partial charge in [0.05, 0.1) is 17.3 Å². The standard InChI is InChI=1S/C8H13ClN4O/c1-5(8(10)12-14)3-13-4-7(9)6(2)11-13/h4-5,14H,3H2,1-2H3,(H2,10,12)/t5-/m0/s1. The Bertz CT molecular complexity index is 328. The number of hydrogen-bond donors (Lipinski definition) is 2. The van der Waals surface area contributed by atoms with Crippen LogP contribution in [0.2, 0.25) is 5.02 Å². The number of aromatic nitrogens is 2. The van der Waals surface area contributed by atoms with E-state index < -0.39 is 0 Å². The highest BCUT2D eigenvalue weighted by atomic mass is 35.5. The third-order valence-electron chi connectivity index (χ3n) is 1.97. The lowest BCUT2D eigenvalue weighted by Crippen LogP contribution is -2.25. The van der Waals surface area contributed by atoms with Gasteiger partial charge in [0.2, 0.25) is 0 Å². The van der Waals surface area contributed by atoms with Gasteiger partial charge in [-0.05, 0) is 6.92 Å². The summed E-state index contributed by atoms with van der Waals surface area (Å²) in [6.07, 6.45) is 1.72. The van der Waals surface area contributed by atoms with Gasteiger partial charge < -0.3 is 10.9 Å². The molecule has 3 N–H and O–H groups in total. The molecule has 0 spiro atoms. The molecule has 1 rings (SSSR count). The maximum Gasteiger partial charge on any atom is 0.143 e. The summed E-state index contributed by atoms with van der Waals surface area (Å²) in [6, 6.07) is 0. The van der Waals surface area contributed by atoms with E-state index in [4.69, 9.17) is 22.5 Å². The zero-order valence-corrected chi connectivity index (χ0v) is 8.86. The number of amidine groups is 1. The molecule has 0 aliphatic heterocycles. The van der Waals surface area contributed by atoms with Crippen LogP contribution in [0, 0.1) is 12.8 Å². The van der Waals surface area contributed by atoms with Crippen LogP contribution in [0.1, 0.15) is 12.6 Å². The summed E-state index contributed by atoms with van der Waals surface area (Å²) in [5, 5.41) is 16.2. The van der Waals surface area contributed by atoms with Gasteiger partial charge in [0.25, 0.3) is 0 Å². The Kier molecular flexibility index (Phi) is 3.35. The fourth-order valence-electron chi connectivity index (χ4n) is 1.06. The number of rotatable bonds is 3. The van der Waals surface area contributed by atoms with Crippen molar-refractivity contribution in [1.29, 1.82) is 0 Å². The first-order valence-electron chi connectivity index (χ1n) is 4.21.